The molecular formula is C22H16N2OS4. The lowest BCUT2D eigenvalue weighted by atomic mass is 10.3. The number of ether oxygens (including phenoxy) is 1. The second-order valence-corrected chi connectivity index (χ2v) is 10.2. The van der Waals surface area contributed by atoms with Gasteiger partial charge in [0.15, 0.2) is 0 Å². The molecule has 0 aliphatic heterocycles. The zero-order chi connectivity index (χ0) is 19.7. The van der Waals surface area contributed by atoms with Crippen LogP contribution in [0.2, 0.25) is 0 Å². The molecule has 2 aromatic heterocycles. The molecule has 0 amide bonds. The van der Waals surface area contributed by atoms with E-state index in [1.807, 2.05) is 60.7 Å². The first-order valence-electron chi connectivity index (χ1n) is 8.74. The zero-order valence-electron chi connectivity index (χ0n) is 15.2. The van der Waals surface area contributed by atoms with E-state index in [1.54, 1.807) is 55.6 Å². The van der Waals surface area contributed by atoms with Crippen molar-refractivity contribution in [3.8, 4) is 11.5 Å². The van der Waals surface area contributed by atoms with E-state index >= 15 is 0 Å². The van der Waals surface area contributed by atoms with E-state index in [4.69, 9.17) is 4.74 Å². The van der Waals surface area contributed by atoms with Crippen LogP contribution in [-0.4, -0.2) is 9.97 Å². The highest BCUT2D eigenvalue weighted by atomic mass is 33.1. The standard InChI is InChI=1S/C22H16N2OS4/c1-3-15-23-21(5-1)28-26-19-11-7-17(8-12-19)25-18-9-13-20(14-10-18)27-29-22-6-2-4-16-24-22/h1-16H. The van der Waals surface area contributed by atoms with E-state index in [1.165, 1.54) is 0 Å². The number of hydrogen-bond acceptors (Lipinski definition) is 7. The monoisotopic (exact) mass is 452 g/mol. The summed E-state index contributed by atoms with van der Waals surface area (Å²) < 4.78 is 5.96. The summed E-state index contributed by atoms with van der Waals surface area (Å²) in [5.41, 5.74) is 0. The van der Waals surface area contributed by atoms with Crippen molar-refractivity contribution in [3.63, 3.8) is 0 Å². The lowest BCUT2D eigenvalue weighted by Crippen LogP contribution is -1.83. The Kier molecular flexibility index (Phi) is 7.42. The Morgan fingerprint density at radius 1 is 0.483 bits per heavy atom. The van der Waals surface area contributed by atoms with Gasteiger partial charge in [-0.3, -0.25) is 0 Å². The van der Waals surface area contributed by atoms with Crippen LogP contribution in [0.4, 0.5) is 0 Å². The Balaban J connectivity index is 1.28. The van der Waals surface area contributed by atoms with Gasteiger partial charge in [0, 0.05) is 22.2 Å². The molecule has 0 radical (unpaired) electrons. The van der Waals surface area contributed by atoms with Gasteiger partial charge >= 0.3 is 0 Å². The number of pyridine rings is 2. The quantitative estimate of drug-likeness (QED) is 0.252. The Morgan fingerprint density at radius 3 is 1.31 bits per heavy atom. The van der Waals surface area contributed by atoms with E-state index in [-0.39, 0.29) is 0 Å². The summed E-state index contributed by atoms with van der Waals surface area (Å²) in [5.74, 6) is 1.64. The molecule has 0 atom stereocenters. The van der Waals surface area contributed by atoms with Crippen LogP contribution in [0.25, 0.3) is 0 Å². The molecule has 29 heavy (non-hydrogen) atoms. The molecule has 144 valence electrons. The Hall–Kier alpha value is -2.06. The molecule has 4 aromatic rings. The van der Waals surface area contributed by atoms with Crippen LogP contribution in [-0.2, 0) is 0 Å². The van der Waals surface area contributed by atoms with Gasteiger partial charge in [-0.25, -0.2) is 9.97 Å². The number of rotatable bonds is 8. The van der Waals surface area contributed by atoms with Crippen LogP contribution in [0.5, 0.6) is 11.5 Å². The smallest absolute Gasteiger partial charge is 0.127 e. The Morgan fingerprint density at radius 2 is 0.931 bits per heavy atom. The molecule has 0 bridgehead atoms. The van der Waals surface area contributed by atoms with Gasteiger partial charge < -0.3 is 4.74 Å². The first kappa shape index (κ1) is 20.2. The fourth-order valence-electron chi connectivity index (χ4n) is 2.24. The van der Waals surface area contributed by atoms with Crippen molar-refractivity contribution in [1.82, 2.24) is 9.97 Å². The van der Waals surface area contributed by atoms with Gasteiger partial charge in [-0.15, -0.1) is 0 Å². The van der Waals surface area contributed by atoms with Crippen molar-refractivity contribution in [2.45, 2.75) is 19.8 Å². The summed E-state index contributed by atoms with van der Waals surface area (Å²) in [5, 5.41) is 1.99. The Labute approximate surface area is 185 Å². The van der Waals surface area contributed by atoms with Gasteiger partial charge in [0.1, 0.15) is 21.6 Å². The molecule has 7 heteroatoms. The van der Waals surface area contributed by atoms with Crippen LogP contribution in [0, 0.1) is 0 Å². The van der Waals surface area contributed by atoms with Gasteiger partial charge in [0.2, 0.25) is 0 Å². The first-order chi connectivity index (χ1) is 14.3. The molecule has 0 N–H and O–H groups in total. The summed E-state index contributed by atoms with van der Waals surface area (Å²) in [6.07, 6.45) is 3.61. The second-order valence-electron chi connectivity index (χ2n) is 5.71. The van der Waals surface area contributed by atoms with Crippen LogP contribution in [0.15, 0.2) is 117 Å². The topological polar surface area (TPSA) is 35.0 Å². The van der Waals surface area contributed by atoms with Gasteiger partial charge in [-0.05, 0) is 94.4 Å². The third-order valence-corrected chi connectivity index (χ3v) is 8.20. The number of benzene rings is 2. The van der Waals surface area contributed by atoms with Crippen LogP contribution in [0.1, 0.15) is 0 Å². The van der Waals surface area contributed by atoms with E-state index < -0.39 is 0 Å². The SMILES string of the molecule is c1ccc(SSc2ccc(Oc3ccc(SSc4ccccn4)cc3)cc2)nc1. The first-order valence-corrected chi connectivity index (χ1v) is 13.0. The maximum Gasteiger partial charge on any atom is 0.127 e. The summed E-state index contributed by atoms with van der Waals surface area (Å²) in [7, 11) is 6.65. The number of nitrogens with zero attached hydrogens (tertiary/aromatic N) is 2. The number of aromatic nitrogens is 2. The summed E-state index contributed by atoms with van der Waals surface area (Å²) in [6.45, 7) is 0. The highest BCUT2D eigenvalue weighted by Gasteiger charge is 2.03. The zero-order valence-corrected chi connectivity index (χ0v) is 18.4. The maximum atomic E-state index is 5.96. The molecule has 0 aliphatic rings. The van der Waals surface area contributed by atoms with E-state index in [2.05, 4.69) is 34.2 Å². The molecule has 0 aliphatic carbocycles. The molecule has 4 rings (SSSR count). The average molecular weight is 453 g/mol. The molecule has 2 aromatic carbocycles. The van der Waals surface area contributed by atoms with E-state index in [9.17, 15) is 0 Å². The highest BCUT2D eigenvalue weighted by molar-refractivity contribution is 8.77. The van der Waals surface area contributed by atoms with Gasteiger partial charge in [-0.1, -0.05) is 33.7 Å². The predicted molar refractivity (Wildman–Crippen MR) is 125 cm³/mol. The van der Waals surface area contributed by atoms with Crippen LogP contribution in [0.3, 0.4) is 0 Å². The fourth-order valence-corrected chi connectivity index (χ4v) is 5.92. The van der Waals surface area contributed by atoms with Gasteiger partial charge in [-0.2, -0.15) is 0 Å². The van der Waals surface area contributed by atoms with Crippen molar-refractivity contribution in [1.29, 1.82) is 0 Å². The number of hydrogen-bond donors (Lipinski definition) is 0. The minimum absolute atomic E-state index is 0.820. The van der Waals surface area contributed by atoms with Crippen molar-refractivity contribution < 1.29 is 4.74 Å². The summed E-state index contributed by atoms with van der Waals surface area (Å²) >= 11 is 0. The van der Waals surface area contributed by atoms with Crippen LogP contribution >= 0.6 is 43.2 Å². The molecule has 0 fully saturated rings. The van der Waals surface area contributed by atoms with E-state index in [0.29, 0.717) is 0 Å². The molecule has 0 saturated carbocycles. The van der Waals surface area contributed by atoms with Gasteiger partial charge in [0.25, 0.3) is 0 Å². The van der Waals surface area contributed by atoms with Crippen molar-refractivity contribution in [3.05, 3.63) is 97.3 Å². The third kappa shape index (κ3) is 6.47. The lowest BCUT2D eigenvalue weighted by molar-refractivity contribution is 0.482. The van der Waals surface area contributed by atoms with Crippen molar-refractivity contribution >= 4 is 43.2 Å². The molecule has 3 nitrogen and oxygen atoms in total. The maximum absolute atomic E-state index is 5.96. The summed E-state index contributed by atoms with van der Waals surface area (Å²) in [6, 6.07) is 28.0. The molecule has 0 saturated heterocycles. The summed E-state index contributed by atoms with van der Waals surface area (Å²) in [4.78, 5) is 10.9. The third-order valence-electron chi connectivity index (χ3n) is 3.61. The molecule has 0 unspecified atom stereocenters. The lowest BCUT2D eigenvalue weighted by Gasteiger charge is -2.07. The Bertz CT molecular complexity index is 929. The van der Waals surface area contributed by atoms with Crippen molar-refractivity contribution in [2.24, 2.45) is 0 Å². The van der Waals surface area contributed by atoms with Gasteiger partial charge in [0.05, 0.1) is 0 Å². The minimum Gasteiger partial charge on any atom is -0.457 e. The molecular weight excluding hydrogens is 437 g/mol. The highest BCUT2D eigenvalue weighted by Crippen LogP contribution is 2.38. The molecule has 0 spiro atoms. The average Bonchev–Trinajstić information content (AvgIpc) is 2.80. The normalized spacial score (nSPS) is 10.6. The van der Waals surface area contributed by atoms with Crippen molar-refractivity contribution in [2.75, 3.05) is 0 Å². The predicted octanol–water partition coefficient (Wildman–Crippen LogP) is 7.87. The largest absolute Gasteiger partial charge is 0.457 e. The van der Waals surface area contributed by atoms with Crippen LogP contribution < -0.4 is 4.74 Å². The van der Waals surface area contributed by atoms with E-state index in [0.717, 1.165) is 31.3 Å². The second kappa shape index (κ2) is 10.6. The molecule has 2 heterocycles. The minimum atomic E-state index is 0.820. The fraction of sp³-hybridized carbons (Fsp3) is 0.